The largest absolute Gasteiger partial charge is 0.351 e. The van der Waals surface area contributed by atoms with E-state index in [1.807, 2.05) is 38.4 Å². The fraction of sp³-hybridized carbons (Fsp3) is 0.182. The van der Waals surface area contributed by atoms with Gasteiger partial charge in [0.1, 0.15) is 5.15 Å². The standard InChI is InChI=1S/C11H11ClN2/c1-8-6-9(7-11(12)13-8)10-4-3-5-14(10)2/h3-7H,1-2H3. The summed E-state index contributed by atoms with van der Waals surface area (Å²) in [6.45, 7) is 1.94. The lowest BCUT2D eigenvalue weighted by molar-refractivity contribution is 0.936. The van der Waals surface area contributed by atoms with Crippen molar-refractivity contribution in [1.82, 2.24) is 9.55 Å². The van der Waals surface area contributed by atoms with E-state index in [4.69, 9.17) is 11.6 Å². The zero-order valence-electron chi connectivity index (χ0n) is 8.16. The van der Waals surface area contributed by atoms with Gasteiger partial charge in [0.05, 0.1) is 0 Å². The van der Waals surface area contributed by atoms with Gasteiger partial charge in [0.2, 0.25) is 0 Å². The molecule has 0 spiro atoms. The summed E-state index contributed by atoms with van der Waals surface area (Å²) in [5, 5.41) is 0.543. The van der Waals surface area contributed by atoms with Crippen LogP contribution in [0.4, 0.5) is 0 Å². The van der Waals surface area contributed by atoms with E-state index in [9.17, 15) is 0 Å². The van der Waals surface area contributed by atoms with Crippen LogP contribution in [0.15, 0.2) is 30.5 Å². The topological polar surface area (TPSA) is 17.8 Å². The molecule has 0 N–H and O–H groups in total. The first-order chi connectivity index (χ1) is 6.66. The number of hydrogen-bond donors (Lipinski definition) is 0. The molecule has 14 heavy (non-hydrogen) atoms. The molecule has 0 aliphatic rings. The monoisotopic (exact) mass is 206 g/mol. The molecule has 0 saturated carbocycles. The van der Waals surface area contributed by atoms with E-state index in [0.29, 0.717) is 5.15 Å². The molecule has 0 aliphatic heterocycles. The second-order valence-electron chi connectivity index (χ2n) is 3.32. The van der Waals surface area contributed by atoms with E-state index >= 15 is 0 Å². The normalized spacial score (nSPS) is 10.5. The summed E-state index contributed by atoms with van der Waals surface area (Å²) in [6.07, 6.45) is 2.01. The van der Waals surface area contributed by atoms with Crippen LogP contribution in [0.3, 0.4) is 0 Å². The van der Waals surface area contributed by atoms with Crippen LogP contribution in [0.1, 0.15) is 5.69 Å². The molecule has 2 heterocycles. The fourth-order valence-corrected chi connectivity index (χ4v) is 1.79. The van der Waals surface area contributed by atoms with E-state index in [1.165, 1.54) is 0 Å². The van der Waals surface area contributed by atoms with Gasteiger partial charge in [-0.15, -0.1) is 0 Å². The second kappa shape index (κ2) is 3.46. The van der Waals surface area contributed by atoms with Crippen LogP contribution in [-0.4, -0.2) is 9.55 Å². The van der Waals surface area contributed by atoms with E-state index in [-0.39, 0.29) is 0 Å². The molecule has 0 aromatic carbocycles. The van der Waals surface area contributed by atoms with Crippen molar-refractivity contribution in [2.75, 3.05) is 0 Å². The number of hydrogen-bond acceptors (Lipinski definition) is 1. The predicted octanol–water partition coefficient (Wildman–Crippen LogP) is 3.05. The quantitative estimate of drug-likeness (QED) is 0.656. The number of rotatable bonds is 1. The van der Waals surface area contributed by atoms with E-state index in [1.54, 1.807) is 0 Å². The van der Waals surface area contributed by atoms with Crippen molar-refractivity contribution >= 4 is 11.6 Å². The van der Waals surface area contributed by atoms with Crippen molar-refractivity contribution in [2.24, 2.45) is 7.05 Å². The summed E-state index contributed by atoms with van der Waals surface area (Å²) < 4.78 is 2.06. The molecular formula is C11H11ClN2. The SMILES string of the molecule is Cc1cc(-c2cccn2C)cc(Cl)n1. The maximum Gasteiger partial charge on any atom is 0.130 e. The van der Waals surface area contributed by atoms with Crippen molar-refractivity contribution in [1.29, 1.82) is 0 Å². The zero-order valence-corrected chi connectivity index (χ0v) is 8.92. The van der Waals surface area contributed by atoms with E-state index < -0.39 is 0 Å². The maximum absolute atomic E-state index is 5.90. The summed E-state index contributed by atoms with van der Waals surface area (Å²) >= 11 is 5.90. The smallest absolute Gasteiger partial charge is 0.130 e. The lowest BCUT2D eigenvalue weighted by Crippen LogP contribution is -1.91. The molecule has 2 aromatic heterocycles. The van der Waals surface area contributed by atoms with Crippen LogP contribution in [-0.2, 0) is 7.05 Å². The third-order valence-corrected chi connectivity index (χ3v) is 2.36. The Morgan fingerprint density at radius 1 is 1.36 bits per heavy atom. The Balaban J connectivity index is 2.57. The third-order valence-electron chi connectivity index (χ3n) is 2.16. The van der Waals surface area contributed by atoms with Gasteiger partial charge in [-0.1, -0.05) is 11.6 Å². The number of aromatic nitrogens is 2. The minimum Gasteiger partial charge on any atom is -0.351 e. The summed E-state index contributed by atoms with van der Waals surface area (Å²) in [4.78, 5) is 4.13. The highest BCUT2D eigenvalue weighted by Crippen LogP contribution is 2.22. The highest BCUT2D eigenvalue weighted by atomic mass is 35.5. The van der Waals surface area contributed by atoms with Crippen LogP contribution in [0.5, 0.6) is 0 Å². The molecule has 0 bridgehead atoms. The zero-order chi connectivity index (χ0) is 10.1. The molecule has 3 heteroatoms. The van der Waals surface area contributed by atoms with Gasteiger partial charge in [0.15, 0.2) is 0 Å². The van der Waals surface area contributed by atoms with Crippen LogP contribution in [0.25, 0.3) is 11.3 Å². The molecule has 72 valence electrons. The second-order valence-corrected chi connectivity index (χ2v) is 3.71. The highest BCUT2D eigenvalue weighted by Gasteiger charge is 2.03. The predicted molar refractivity (Wildman–Crippen MR) is 58.4 cm³/mol. The molecule has 2 aromatic rings. The first-order valence-corrected chi connectivity index (χ1v) is 4.80. The fourth-order valence-electron chi connectivity index (χ4n) is 1.54. The highest BCUT2D eigenvalue weighted by molar-refractivity contribution is 6.29. The third kappa shape index (κ3) is 1.66. The van der Waals surface area contributed by atoms with Gasteiger partial charge in [0, 0.05) is 30.2 Å². The van der Waals surface area contributed by atoms with E-state index in [2.05, 4.69) is 15.6 Å². The van der Waals surface area contributed by atoms with Crippen LogP contribution in [0.2, 0.25) is 5.15 Å². The Bertz CT molecular complexity index is 440. The summed E-state index contributed by atoms with van der Waals surface area (Å²) in [5.74, 6) is 0. The van der Waals surface area contributed by atoms with Gasteiger partial charge in [-0.3, -0.25) is 0 Å². The molecular weight excluding hydrogens is 196 g/mol. The molecule has 0 aliphatic carbocycles. The van der Waals surface area contributed by atoms with Crippen molar-refractivity contribution in [3.8, 4) is 11.3 Å². The van der Waals surface area contributed by atoms with Crippen molar-refractivity contribution < 1.29 is 0 Å². The van der Waals surface area contributed by atoms with E-state index in [0.717, 1.165) is 17.0 Å². The van der Waals surface area contributed by atoms with Gasteiger partial charge in [-0.25, -0.2) is 4.98 Å². The van der Waals surface area contributed by atoms with Crippen LogP contribution < -0.4 is 0 Å². The molecule has 0 amide bonds. The van der Waals surface area contributed by atoms with Crippen molar-refractivity contribution in [2.45, 2.75) is 6.92 Å². The Hall–Kier alpha value is -1.28. The molecule has 0 saturated heterocycles. The Kier molecular flexibility index (Phi) is 2.30. The van der Waals surface area contributed by atoms with Gasteiger partial charge < -0.3 is 4.57 Å². The Morgan fingerprint density at radius 3 is 2.71 bits per heavy atom. The first kappa shape index (κ1) is 9.28. The van der Waals surface area contributed by atoms with Crippen molar-refractivity contribution in [3.05, 3.63) is 41.3 Å². The molecule has 0 fully saturated rings. The van der Waals surface area contributed by atoms with Gasteiger partial charge in [0.25, 0.3) is 0 Å². The molecule has 0 unspecified atom stereocenters. The number of halogens is 1. The molecule has 0 radical (unpaired) electrons. The Morgan fingerprint density at radius 2 is 2.14 bits per heavy atom. The summed E-state index contributed by atoms with van der Waals surface area (Å²) in [7, 11) is 2.01. The van der Waals surface area contributed by atoms with Crippen molar-refractivity contribution in [3.63, 3.8) is 0 Å². The number of aryl methyl sites for hydroxylation is 2. The van der Waals surface area contributed by atoms with Gasteiger partial charge >= 0.3 is 0 Å². The average molecular weight is 207 g/mol. The lowest BCUT2D eigenvalue weighted by atomic mass is 10.2. The lowest BCUT2D eigenvalue weighted by Gasteiger charge is -2.04. The van der Waals surface area contributed by atoms with Crippen LogP contribution in [0, 0.1) is 6.92 Å². The number of nitrogens with zero attached hydrogens (tertiary/aromatic N) is 2. The minimum absolute atomic E-state index is 0.543. The summed E-state index contributed by atoms with van der Waals surface area (Å²) in [5.41, 5.74) is 3.20. The maximum atomic E-state index is 5.90. The van der Waals surface area contributed by atoms with Gasteiger partial charge in [-0.2, -0.15) is 0 Å². The number of pyridine rings is 1. The average Bonchev–Trinajstić information content (AvgIpc) is 2.49. The summed E-state index contributed by atoms with van der Waals surface area (Å²) in [6, 6.07) is 7.98. The first-order valence-electron chi connectivity index (χ1n) is 4.43. The minimum atomic E-state index is 0.543. The molecule has 2 rings (SSSR count). The van der Waals surface area contributed by atoms with Gasteiger partial charge in [-0.05, 0) is 31.2 Å². The molecule has 2 nitrogen and oxygen atoms in total. The van der Waals surface area contributed by atoms with Crippen LogP contribution >= 0.6 is 11.6 Å². The molecule has 0 atom stereocenters. The Labute approximate surface area is 88.2 Å².